The van der Waals surface area contributed by atoms with Gasteiger partial charge in [0, 0.05) is 25.0 Å². The number of hydrogen-bond donors (Lipinski definition) is 1. The Hall–Kier alpha value is -1.39. The maximum atomic E-state index is 12.7. The molecule has 1 aromatic carbocycles. The maximum absolute atomic E-state index is 12.7. The van der Waals surface area contributed by atoms with Crippen LogP contribution in [0.5, 0.6) is 0 Å². The molecule has 4 heteroatoms. The van der Waals surface area contributed by atoms with E-state index in [1.807, 2.05) is 17.9 Å². The molecule has 4 nitrogen and oxygen atoms in total. The zero-order chi connectivity index (χ0) is 14.2. The first-order valence-corrected chi connectivity index (χ1v) is 7.29. The van der Waals surface area contributed by atoms with E-state index < -0.39 is 5.41 Å². The smallest absolute Gasteiger partial charge is 0.232 e. The van der Waals surface area contributed by atoms with E-state index in [1.54, 1.807) is 0 Å². The topological polar surface area (TPSA) is 55.6 Å². The van der Waals surface area contributed by atoms with Gasteiger partial charge in [0.05, 0.1) is 18.6 Å². The van der Waals surface area contributed by atoms with E-state index in [-0.39, 0.29) is 11.9 Å². The van der Waals surface area contributed by atoms with E-state index in [2.05, 4.69) is 24.3 Å². The molecule has 0 aromatic heterocycles. The predicted molar refractivity (Wildman–Crippen MR) is 77.3 cm³/mol. The number of hydrogen-bond acceptors (Lipinski definition) is 3. The van der Waals surface area contributed by atoms with Crippen LogP contribution in [0.2, 0.25) is 0 Å². The molecular weight excluding hydrogens is 252 g/mol. The van der Waals surface area contributed by atoms with Gasteiger partial charge in [-0.3, -0.25) is 4.79 Å². The largest absolute Gasteiger partial charge is 0.379 e. The molecule has 2 N–H and O–H groups in total. The molecule has 3 rings (SSSR count). The second kappa shape index (κ2) is 5.19. The van der Waals surface area contributed by atoms with Crippen LogP contribution in [-0.4, -0.2) is 43.2 Å². The lowest BCUT2D eigenvalue weighted by Crippen LogP contribution is -2.50. The molecule has 2 heterocycles. The van der Waals surface area contributed by atoms with Crippen LogP contribution in [0.15, 0.2) is 30.3 Å². The summed E-state index contributed by atoms with van der Waals surface area (Å²) in [6, 6.07) is 10.2. The molecule has 0 radical (unpaired) electrons. The standard InChI is InChI=1S/C16H22N2O2/c1-16(11-20-10-14(16)17)15(19)18-8-7-13(9-18)12-5-3-2-4-6-12/h2-6,13-14H,7-11,17H2,1H3. The summed E-state index contributed by atoms with van der Waals surface area (Å²) >= 11 is 0. The minimum Gasteiger partial charge on any atom is -0.379 e. The number of nitrogens with zero attached hydrogens (tertiary/aromatic N) is 1. The quantitative estimate of drug-likeness (QED) is 0.886. The van der Waals surface area contributed by atoms with Crippen molar-refractivity contribution in [3.05, 3.63) is 35.9 Å². The summed E-state index contributed by atoms with van der Waals surface area (Å²) in [5.41, 5.74) is 6.82. The Balaban J connectivity index is 1.70. The summed E-state index contributed by atoms with van der Waals surface area (Å²) in [6.45, 7) is 4.48. The lowest BCUT2D eigenvalue weighted by Gasteiger charge is -2.30. The van der Waals surface area contributed by atoms with Crippen LogP contribution >= 0.6 is 0 Å². The van der Waals surface area contributed by atoms with Crippen LogP contribution in [0.4, 0.5) is 0 Å². The first kappa shape index (κ1) is 13.6. The third-order valence-corrected chi connectivity index (χ3v) is 4.75. The molecule has 2 fully saturated rings. The van der Waals surface area contributed by atoms with Crippen molar-refractivity contribution in [2.75, 3.05) is 26.3 Å². The summed E-state index contributed by atoms with van der Waals surface area (Å²) in [5, 5.41) is 0. The van der Waals surface area contributed by atoms with Gasteiger partial charge in [-0.1, -0.05) is 30.3 Å². The summed E-state index contributed by atoms with van der Waals surface area (Å²) in [7, 11) is 0. The Morgan fingerprint density at radius 2 is 2.15 bits per heavy atom. The zero-order valence-corrected chi connectivity index (χ0v) is 11.9. The molecule has 108 valence electrons. The maximum Gasteiger partial charge on any atom is 0.232 e. The van der Waals surface area contributed by atoms with Crippen molar-refractivity contribution < 1.29 is 9.53 Å². The summed E-state index contributed by atoms with van der Waals surface area (Å²) in [5.74, 6) is 0.600. The van der Waals surface area contributed by atoms with E-state index in [1.165, 1.54) is 5.56 Å². The summed E-state index contributed by atoms with van der Waals surface area (Å²) < 4.78 is 5.39. The van der Waals surface area contributed by atoms with Crippen LogP contribution in [0, 0.1) is 5.41 Å². The molecule has 3 atom stereocenters. The Kier molecular flexibility index (Phi) is 3.52. The fourth-order valence-corrected chi connectivity index (χ4v) is 3.21. The number of nitrogens with two attached hydrogens (primary N) is 1. The van der Waals surface area contributed by atoms with Gasteiger partial charge in [-0.2, -0.15) is 0 Å². The van der Waals surface area contributed by atoms with E-state index in [4.69, 9.17) is 10.5 Å². The zero-order valence-electron chi connectivity index (χ0n) is 11.9. The summed E-state index contributed by atoms with van der Waals surface area (Å²) in [4.78, 5) is 14.7. The fraction of sp³-hybridized carbons (Fsp3) is 0.562. The second-order valence-corrected chi connectivity index (χ2v) is 6.19. The highest BCUT2D eigenvalue weighted by Crippen LogP contribution is 2.34. The number of carbonyl (C=O) groups excluding carboxylic acids is 1. The van der Waals surface area contributed by atoms with Gasteiger partial charge in [0.1, 0.15) is 0 Å². The SMILES string of the molecule is CC1(C(=O)N2CCC(c3ccccc3)C2)COCC1N. The Morgan fingerprint density at radius 3 is 2.80 bits per heavy atom. The molecule has 3 unspecified atom stereocenters. The highest BCUT2D eigenvalue weighted by atomic mass is 16.5. The first-order valence-electron chi connectivity index (χ1n) is 7.29. The monoisotopic (exact) mass is 274 g/mol. The van der Waals surface area contributed by atoms with E-state index in [0.29, 0.717) is 19.1 Å². The first-order chi connectivity index (χ1) is 9.61. The van der Waals surface area contributed by atoms with Crippen LogP contribution in [0.25, 0.3) is 0 Å². The lowest BCUT2D eigenvalue weighted by atomic mass is 9.84. The molecule has 0 spiro atoms. The van der Waals surface area contributed by atoms with Gasteiger partial charge in [0.15, 0.2) is 0 Å². The number of ether oxygens (including phenoxy) is 1. The molecule has 2 aliphatic heterocycles. The van der Waals surface area contributed by atoms with Crippen LogP contribution in [0.1, 0.15) is 24.8 Å². The number of amides is 1. The number of benzene rings is 1. The average Bonchev–Trinajstić information content (AvgIpc) is 3.08. The Labute approximate surface area is 119 Å². The molecule has 20 heavy (non-hydrogen) atoms. The number of carbonyl (C=O) groups is 1. The minimum absolute atomic E-state index is 0.154. The Bertz CT molecular complexity index is 491. The van der Waals surface area contributed by atoms with Crippen LogP contribution in [-0.2, 0) is 9.53 Å². The second-order valence-electron chi connectivity index (χ2n) is 6.19. The molecular formula is C16H22N2O2. The van der Waals surface area contributed by atoms with Crippen molar-refractivity contribution >= 4 is 5.91 Å². The molecule has 0 aliphatic carbocycles. The molecule has 1 amide bonds. The predicted octanol–water partition coefficient (Wildman–Crippen LogP) is 1.37. The highest BCUT2D eigenvalue weighted by Gasteiger charge is 2.47. The molecule has 0 bridgehead atoms. The third-order valence-electron chi connectivity index (χ3n) is 4.75. The van der Waals surface area contributed by atoms with Crippen molar-refractivity contribution in [3.8, 4) is 0 Å². The molecule has 1 aromatic rings. The van der Waals surface area contributed by atoms with Gasteiger partial charge in [0.2, 0.25) is 5.91 Å². The third kappa shape index (κ3) is 2.23. The number of rotatable bonds is 2. The molecule has 2 saturated heterocycles. The van der Waals surface area contributed by atoms with E-state index in [9.17, 15) is 4.79 Å². The Morgan fingerprint density at radius 1 is 1.40 bits per heavy atom. The van der Waals surface area contributed by atoms with Crippen molar-refractivity contribution in [1.29, 1.82) is 0 Å². The average molecular weight is 274 g/mol. The van der Waals surface area contributed by atoms with Gasteiger partial charge in [-0.05, 0) is 18.9 Å². The van der Waals surface area contributed by atoms with Crippen molar-refractivity contribution in [2.45, 2.75) is 25.3 Å². The van der Waals surface area contributed by atoms with E-state index >= 15 is 0 Å². The highest BCUT2D eigenvalue weighted by molar-refractivity contribution is 5.84. The van der Waals surface area contributed by atoms with Gasteiger partial charge < -0.3 is 15.4 Å². The fourth-order valence-electron chi connectivity index (χ4n) is 3.21. The van der Waals surface area contributed by atoms with Gasteiger partial charge in [-0.15, -0.1) is 0 Å². The molecule has 0 saturated carbocycles. The minimum atomic E-state index is -0.550. The van der Waals surface area contributed by atoms with Gasteiger partial charge >= 0.3 is 0 Å². The number of likely N-dealkylation sites (tertiary alicyclic amines) is 1. The summed E-state index contributed by atoms with van der Waals surface area (Å²) in [6.07, 6.45) is 1.03. The van der Waals surface area contributed by atoms with E-state index in [0.717, 1.165) is 19.5 Å². The van der Waals surface area contributed by atoms with Crippen LogP contribution < -0.4 is 5.73 Å². The van der Waals surface area contributed by atoms with Gasteiger partial charge in [0.25, 0.3) is 0 Å². The van der Waals surface area contributed by atoms with Crippen molar-refractivity contribution in [2.24, 2.45) is 11.1 Å². The normalized spacial score (nSPS) is 33.6. The van der Waals surface area contributed by atoms with Gasteiger partial charge in [-0.25, -0.2) is 0 Å². The van der Waals surface area contributed by atoms with Crippen molar-refractivity contribution in [3.63, 3.8) is 0 Å². The lowest BCUT2D eigenvalue weighted by molar-refractivity contribution is -0.140. The van der Waals surface area contributed by atoms with Crippen molar-refractivity contribution in [1.82, 2.24) is 4.90 Å². The molecule has 2 aliphatic rings. The van der Waals surface area contributed by atoms with Crippen LogP contribution in [0.3, 0.4) is 0 Å².